The predicted octanol–water partition coefficient (Wildman–Crippen LogP) is 3.21. The number of hydrogen-bond acceptors (Lipinski definition) is 3. The molecular formula is C18H20ClNO3. The van der Waals surface area contributed by atoms with E-state index in [0.717, 1.165) is 5.56 Å². The lowest BCUT2D eigenvalue weighted by atomic mass is 10.1. The Morgan fingerprint density at radius 2 is 1.96 bits per heavy atom. The number of aliphatic hydroxyl groups is 1. The number of benzene rings is 2. The Kier molecular flexibility index (Phi) is 6.59. The fourth-order valence-corrected chi connectivity index (χ4v) is 2.27. The van der Waals surface area contributed by atoms with Crippen LogP contribution in [-0.2, 0) is 4.74 Å². The van der Waals surface area contributed by atoms with E-state index >= 15 is 0 Å². The Morgan fingerprint density at radius 3 is 2.65 bits per heavy atom. The number of amides is 1. The summed E-state index contributed by atoms with van der Waals surface area (Å²) < 4.78 is 5.62. The van der Waals surface area contributed by atoms with E-state index in [1.807, 2.05) is 37.3 Å². The summed E-state index contributed by atoms with van der Waals surface area (Å²) in [6.45, 7) is 2.19. The van der Waals surface area contributed by atoms with Gasteiger partial charge in [-0.2, -0.15) is 0 Å². The van der Waals surface area contributed by atoms with Crippen molar-refractivity contribution < 1.29 is 14.6 Å². The molecule has 122 valence electrons. The van der Waals surface area contributed by atoms with E-state index in [2.05, 4.69) is 5.32 Å². The molecule has 0 radical (unpaired) electrons. The van der Waals surface area contributed by atoms with Crippen molar-refractivity contribution >= 4 is 17.5 Å². The fraction of sp³-hybridized carbons (Fsp3) is 0.278. The summed E-state index contributed by atoms with van der Waals surface area (Å²) >= 11 is 5.85. The molecule has 0 aliphatic carbocycles. The van der Waals surface area contributed by atoms with Crippen LogP contribution in [0.15, 0.2) is 54.6 Å². The summed E-state index contributed by atoms with van der Waals surface area (Å²) in [6.07, 6.45) is -0.890. The quantitative estimate of drug-likeness (QED) is 0.818. The first kappa shape index (κ1) is 17.5. The number of carbonyl (C=O) groups excluding carboxylic acids is 1. The largest absolute Gasteiger partial charge is 0.389 e. The molecule has 0 spiro atoms. The van der Waals surface area contributed by atoms with Crippen LogP contribution in [0, 0.1) is 0 Å². The number of nitrogens with one attached hydrogen (secondary N) is 1. The molecule has 0 fully saturated rings. The van der Waals surface area contributed by atoms with Crippen molar-refractivity contribution in [2.45, 2.75) is 19.1 Å². The van der Waals surface area contributed by atoms with Crippen LogP contribution < -0.4 is 5.32 Å². The maximum absolute atomic E-state index is 11.9. The van der Waals surface area contributed by atoms with E-state index in [0.29, 0.717) is 10.6 Å². The van der Waals surface area contributed by atoms with Gasteiger partial charge in [-0.05, 0) is 30.7 Å². The van der Waals surface area contributed by atoms with Gasteiger partial charge in [0, 0.05) is 17.1 Å². The molecule has 0 heterocycles. The highest BCUT2D eigenvalue weighted by Crippen LogP contribution is 2.16. The van der Waals surface area contributed by atoms with Gasteiger partial charge in [0.2, 0.25) is 0 Å². The van der Waals surface area contributed by atoms with E-state index < -0.39 is 6.10 Å². The van der Waals surface area contributed by atoms with Gasteiger partial charge in [0.1, 0.15) is 0 Å². The molecule has 1 amide bonds. The zero-order valence-electron chi connectivity index (χ0n) is 12.9. The smallest absolute Gasteiger partial charge is 0.251 e. The molecule has 0 aromatic heterocycles. The van der Waals surface area contributed by atoms with E-state index in [-0.39, 0.29) is 25.2 Å². The van der Waals surface area contributed by atoms with E-state index in [9.17, 15) is 9.90 Å². The standard InChI is InChI=1S/C18H20ClNO3/c1-13(14-6-3-2-4-7-14)23-12-17(21)11-20-18(22)15-8-5-9-16(19)10-15/h2-10,13,17,21H,11-12H2,1H3,(H,20,22). The van der Waals surface area contributed by atoms with Crippen molar-refractivity contribution in [3.63, 3.8) is 0 Å². The molecule has 0 saturated heterocycles. The van der Waals surface area contributed by atoms with Crippen LogP contribution in [0.5, 0.6) is 0 Å². The third-order valence-corrected chi connectivity index (χ3v) is 3.63. The van der Waals surface area contributed by atoms with E-state index in [1.165, 1.54) is 0 Å². The van der Waals surface area contributed by atoms with Gasteiger partial charge in [-0.15, -0.1) is 0 Å². The topological polar surface area (TPSA) is 58.6 Å². The highest BCUT2D eigenvalue weighted by Gasteiger charge is 2.12. The van der Waals surface area contributed by atoms with E-state index in [4.69, 9.17) is 16.3 Å². The van der Waals surface area contributed by atoms with Crippen LogP contribution in [0.2, 0.25) is 5.02 Å². The van der Waals surface area contributed by atoms with Crippen LogP contribution in [0.1, 0.15) is 28.9 Å². The van der Waals surface area contributed by atoms with Crippen LogP contribution in [0.4, 0.5) is 0 Å². The highest BCUT2D eigenvalue weighted by molar-refractivity contribution is 6.30. The number of hydrogen-bond donors (Lipinski definition) is 2. The minimum Gasteiger partial charge on any atom is -0.389 e. The molecule has 23 heavy (non-hydrogen) atoms. The van der Waals surface area contributed by atoms with Gasteiger partial charge < -0.3 is 15.2 Å². The second-order valence-corrected chi connectivity index (χ2v) is 5.70. The summed E-state index contributed by atoms with van der Waals surface area (Å²) in [5.74, 6) is -0.275. The van der Waals surface area contributed by atoms with Crippen LogP contribution >= 0.6 is 11.6 Å². The van der Waals surface area contributed by atoms with Crippen LogP contribution in [-0.4, -0.2) is 30.3 Å². The minimum absolute atomic E-state index is 0.116. The van der Waals surface area contributed by atoms with Gasteiger partial charge in [0.05, 0.1) is 18.8 Å². The van der Waals surface area contributed by atoms with Gasteiger partial charge in [-0.25, -0.2) is 0 Å². The monoisotopic (exact) mass is 333 g/mol. The maximum atomic E-state index is 11.9. The molecule has 5 heteroatoms. The van der Waals surface area contributed by atoms with Gasteiger partial charge in [-0.3, -0.25) is 4.79 Å². The lowest BCUT2D eigenvalue weighted by Gasteiger charge is -2.17. The normalized spacial score (nSPS) is 13.3. The molecule has 2 unspecified atom stereocenters. The van der Waals surface area contributed by atoms with Gasteiger partial charge in [0.15, 0.2) is 0 Å². The summed E-state index contributed by atoms with van der Waals surface area (Å²) in [4.78, 5) is 11.9. The second-order valence-electron chi connectivity index (χ2n) is 5.26. The summed E-state index contributed by atoms with van der Waals surface area (Å²) in [5.41, 5.74) is 1.51. The average molecular weight is 334 g/mol. The molecule has 0 saturated carbocycles. The predicted molar refractivity (Wildman–Crippen MR) is 90.6 cm³/mol. The minimum atomic E-state index is -0.774. The Morgan fingerprint density at radius 1 is 1.22 bits per heavy atom. The zero-order chi connectivity index (χ0) is 16.7. The van der Waals surface area contributed by atoms with Gasteiger partial charge >= 0.3 is 0 Å². The van der Waals surface area contributed by atoms with Crippen molar-refractivity contribution in [2.24, 2.45) is 0 Å². The number of halogens is 1. The lowest BCUT2D eigenvalue weighted by molar-refractivity contribution is -0.00171. The van der Waals surface area contributed by atoms with Crippen molar-refractivity contribution in [1.29, 1.82) is 0 Å². The molecule has 2 N–H and O–H groups in total. The molecular weight excluding hydrogens is 314 g/mol. The molecule has 2 aromatic rings. The van der Waals surface area contributed by atoms with Crippen molar-refractivity contribution in [3.05, 3.63) is 70.7 Å². The third kappa shape index (κ3) is 5.67. The molecule has 4 nitrogen and oxygen atoms in total. The lowest BCUT2D eigenvalue weighted by Crippen LogP contribution is -2.34. The van der Waals surface area contributed by atoms with Crippen LogP contribution in [0.3, 0.4) is 0 Å². The first-order valence-corrected chi connectivity index (χ1v) is 7.82. The zero-order valence-corrected chi connectivity index (χ0v) is 13.7. The van der Waals surface area contributed by atoms with Crippen molar-refractivity contribution in [1.82, 2.24) is 5.32 Å². The number of aliphatic hydroxyl groups excluding tert-OH is 1. The molecule has 0 bridgehead atoms. The second kappa shape index (κ2) is 8.67. The first-order chi connectivity index (χ1) is 11.1. The Balaban J connectivity index is 1.75. The average Bonchev–Trinajstić information content (AvgIpc) is 2.58. The van der Waals surface area contributed by atoms with Gasteiger partial charge in [-0.1, -0.05) is 48.0 Å². The van der Waals surface area contributed by atoms with E-state index in [1.54, 1.807) is 24.3 Å². The fourth-order valence-electron chi connectivity index (χ4n) is 2.08. The Bertz CT molecular complexity index is 633. The van der Waals surface area contributed by atoms with Crippen molar-refractivity contribution in [3.8, 4) is 0 Å². The summed E-state index contributed by atoms with van der Waals surface area (Å²) in [7, 11) is 0. The van der Waals surface area contributed by atoms with Crippen LogP contribution in [0.25, 0.3) is 0 Å². The third-order valence-electron chi connectivity index (χ3n) is 3.39. The number of ether oxygens (including phenoxy) is 1. The van der Waals surface area contributed by atoms with Crippen molar-refractivity contribution in [2.75, 3.05) is 13.2 Å². The summed E-state index contributed by atoms with van der Waals surface area (Å²) in [6, 6.07) is 16.4. The molecule has 2 aromatic carbocycles. The Hall–Kier alpha value is -1.88. The number of carbonyl (C=O) groups is 1. The number of rotatable bonds is 7. The highest BCUT2D eigenvalue weighted by atomic mass is 35.5. The summed E-state index contributed by atoms with van der Waals surface area (Å²) in [5, 5.41) is 13.1. The molecule has 2 atom stereocenters. The maximum Gasteiger partial charge on any atom is 0.251 e. The first-order valence-electron chi connectivity index (χ1n) is 7.44. The SMILES string of the molecule is CC(OCC(O)CNC(=O)c1cccc(Cl)c1)c1ccccc1. The Labute approximate surface area is 141 Å². The molecule has 0 aliphatic heterocycles. The molecule has 2 rings (SSSR count). The van der Waals surface area contributed by atoms with Gasteiger partial charge in [0.25, 0.3) is 5.91 Å². The molecule has 0 aliphatic rings.